The van der Waals surface area contributed by atoms with Crippen LogP contribution >= 0.6 is 11.8 Å². The monoisotopic (exact) mass is 416 g/mol. The van der Waals surface area contributed by atoms with Crippen molar-refractivity contribution in [3.63, 3.8) is 0 Å². The molecule has 0 saturated carbocycles. The first-order chi connectivity index (χ1) is 13.8. The van der Waals surface area contributed by atoms with Gasteiger partial charge in [0.1, 0.15) is 12.1 Å². The lowest BCUT2D eigenvalue weighted by Crippen LogP contribution is -2.49. The molecule has 3 amide bonds. The zero-order chi connectivity index (χ0) is 21.6. The molecule has 0 aromatic heterocycles. The number of nitrogens with zero attached hydrogens (tertiary/aromatic N) is 3. The Morgan fingerprint density at radius 2 is 2.03 bits per heavy atom. The molecule has 1 fully saturated rings. The number of nitrogens with one attached hydrogen (secondary N) is 1. The highest BCUT2D eigenvalue weighted by Gasteiger charge is 2.41. The number of hydrogen-bond donors (Lipinski definition) is 1. The van der Waals surface area contributed by atoms with Gasteiger partial charge in [0.25, 0.3) is 0 Å². The molecule has 1 aliphatic rings. The maximum Gasteiger partial charge on any atom is 0.246 e. The van der Waals surface area contributed by atoms with Crippen LogP contribution in [-0.2, 0) is 14.4 Å². The van der Waals surface area contributed by atoms with E-state index in [1.807, 2.05) is 44.4 Å². The van der Waals surface area contributed by atoms with Crippen LogP contribution in [0.4, 0.5) is 5.69 Å². The largest absolute Gasteiger partial charge is 0.336 e. The van der Waals surface area contributed by atoms with Crippen molar-refractivity contribution in [3.8, 4) is 6.07 Å². The summed E-state index contributed by atoms with van der Waals surface area (Å²) in [5, 5.41) is 12.4. The summed E-state index contributed by atoms with van der Waals surface area (Å²) in [4.78, 5) is 40.9. The Kier molecular flexibility index (Phi) is 8.09. The minimum absolute atomic E-state index is 0.174. The van der Waals surface area contributed by atoms with Crippen molar-refractivity contribution in [2.24, 2.45) is 11.8 Å². The molecule has 1 N–H and O–H groups in total. The maximum atomic E-state index is 13.1. The first-order valence-corrected chi connectivity index (χ1v) is 10.8. The second-order valence-corrected chi connectivity index (χ2v) is 8.58. The summed E-state index contributed by atoms with van der Waals surface area (Å²) in [5.74, 6) is -0.746. The molecular weight excluding hydrogens is 388 g/mol. The number of amides is 3. The van der Waals surface area contributed by atoms with Crippen molar-refractivity contribution in [2.45, 2.75) is 43.7 Å². The van der Waals surface area contributed by atoms with Gasteiger partial charge < -0.3 is 15.1 Å². The molecule has 0 bridgehead atoms. The summed E-state index contributed by atoms with van der Waals surface area (Å²) in [6.45, 7) is 4.12. The molecule has 156 valence electrons. The Morgan fingerprint density at radius 3 is 2.55 bits per heavy atom. The number of nitriles is 1. The normalized spacial score (nSPS) is 19.5. The summed E-state index contributed by atoms with van der Waals surface area (Å²) in [5.41, 5.74) is 0.685. The number of thioether (sulfide) groups is 1. The van der Waals surface area contributed by atoms with Gasteiger partial charge in [0.05, 0.1) is 12.0 Å². The van der Waals surface area contributed by atoms with Crippen LogP contribution in [0, 0.1) is 23.2 Å². The number of carbonyl (C=O) groups excluding carboxylic acids is 3. The van der Waals surface area contributed by atoms with Crippen LogP contribution in [-0.4, -0.2) is 60.0 Å². The van der Waals surface area contributed by atoms with Gasteiger partial charge in [0.15, 0.2) is 0 Å². The second-order valence-electron chi connectivity index (χ2n) is 7.70. The van der Waals surface area contributed by atoms with Gasteiger partial charge in [-0.1, -0.05) is 13.8 Å². The van der Waals surface area contributed by atoms with E-state index in [1.54, 1.807) is 18.8 Å². The lowest BCUT2D eigenvalue weighted by Gasteiger charge is -2.30. The molecule has 1 aromatic rings. The van der Waals surface area contributed by atoms with E-state index in [9.17, 15) is 19.6 Å². The Balaban J connectivity index is 2.10. The average Bonchev–Trinajstić information content (AvgIpc) is 3.16. The minimum atomic E-state index is -0.674. The van der Waals surface area contributed by atoms with Crippen molar-refractivity contribution in [1.82, 2.24) is 9.80 Å². The summed E-state index contributed by atoms with van der Waals surface area (Å²) < 4.78 is 0. The van der Waals surface area contributed by atoms with Gasteiger partial charge in [0.2, 0.25) is 18.2 Å². The second kappa shape index (κ2) is 10.3. The van der Waals surface area contributed by atoms with E-state index in [2.05, 4.69) is 11.4 Å². The van der Waals surface area contributed by atoms with Crippen LogP contribution in [0.3, 0.4) is 0 Å². The van der Waals surface area contributed by atoms with E-state index in [4.69, 9.17) is 0 Å². The highest BCUT2D eigenvalue weighted by atomic mass is 32.2. The smallest absolute Gasteiger partial charge is 0.246 e. The highest BCUT2D eigenvalue weighted by molar-refractivity contribution is 7.98. The van der Waals surface area contributed by atoms with Gasteiger partial charge in [-0.25, -0.2) is 0 Å². The van der Waals surface area contributed by atoms with Gasteiger partial charge in [-0.3, -0.25) is 14.4 Å². The highest BCUT2D eigenvalue weighted by Crippen LogP contribution is 2.27. The Bertz CT molecular complexity index is 775. The van der Waals surface area contributed by atoms with E-state index in [1.165, 1.54) is 9.80 Å². The molecule has 0 radical (unpaired) electrons. The molecule has 1 aliphatic heterocycles. The third kappa shape index (κ3) is 5.73. The standard InChI is InChI=1S/C21H28N4O3S/c1-14(2)9-19(24(3)13-26)21(28)25-12-15(10-17(25)11-22)20(27)23-16-5-7-18(29-4)8-6-16/h5-8,13-15,17,19H,9-10,12H2,1-4H3,(H,23,27)/t15?,17?,19-/m0/s1. The maximum absolute atomic E-state index is 13.1. The van der Waals surface area contributed by atoms with Crippen molar-refractivity contribution in [3.05, 3.63) is 24.3 Å². The fourth-order valence-corrected chi connectivity index (χ4v) is 3.87. The molecule has 8 heteroatoms. The van der Waals surface area contributed by atoms with Crippen LogP contribution in [0.1, 0.15) is 26.7 Å². The molecule has 2 unspecified atom stereocenters. The lowest BCUT2D eigenvalue weighted by atomic mass is 10.0. The molecule has 1 heterocycles. The topological polar surface area (TPSA) is 93.5 Å². The summed E-state index contributed by atoms with van der Waals surface area (Å²) in [7, 11) is 1.57. The van der Waals surface area contributed by atoms with E-state index < -0.39 is 18.0 Å². The van der Waals surface area contributed by atoms with Crippen LogP contribution in [0.25, 0.3) is 0 Å². The van der Waals surface area contributed by atoms with Gasteiger partial charge in [-0.15, -0.1) is 11.8 Å². The SMILES string of the molecule is CSc1ccc(NC(=O)C2CC(C#N)N(C(=O)[C@H](CC(C)C)N(C)C=O)C2)cc1. The lowest BCUT2D eigenvalue weighted by molar-refractivity contribution is -0.140. The fraction of sp³-hybridized carbons (Fsp3) is 0.524. The van der Waals surface area contributed by atoms with Crippen molar-refractivity contribution >= 4 is 35.7 Å². The number of likely N-dealkylation sites (N-methyl/N-ethyl adjacent to an activating group) is 1. The molecule has 2 rings (SSSR count). The van der Waals surface area contributed by atoms with Crippen LogP contribution in [0.15, 0.2) is 29.2 Å². The third-order valence-electron chi connectivity index (χ3n) is 5.10. The molecule has 1 aromatic carbocycles. The number of likely N-dealkylation sites (tertiary alicyclic amines) is 1. The van der Waals surface area contributed by atoms with E-state index in [0.717, 1.165) is 4.90 Å². The van der Waals surface area contributed by atoms with E-state index in [-0.39, 0.29) is 30.7 Å². The Labute approximate surface area is 176 Å². The summed E-state index contributed by atoms with van der Waals surface area (Å²) in [6, 6.07) is 8.35. The molecular formula is C21H28N4O3S. The number of anilines is 1. The summed E-state index contributed by atoms with van der Waals surface area (Å²) in [6.07, 6.45) is 3.40. The molecule has 1 saturated heterocycles. The van der Waals surface area contributed by atoms with E-state index in [0.29, 0.717) is 18.5 Å². The number of benzene rings is 1. The zero-order valence-corrected chi connectivity index (χ0v) is 18.1. The quantitative estimate of drug-likeness (QED) is 0.519. The number of carbonyl (C=O) groups is 3. The minimum Gasteiger partial charge on any atom is -0.336 e. The Hall–Kier alpha value is -2.53. The molecule has 0 aliphatic carbocycles. The fourth-order valence-electron chi connectivity index (χ4n) is 3.46. The predicted molar refractivity (Wildman–Crippen MR) is 113 cm³/mol. The van der Waals surface area contributed by atoms with Gasteiger partial charge >= 0.3 is 0 Å². The molecule has 7 nitrogen and oxygen atoms in total. The van der Waals surface area contributed by atoms with Crippen molar-refractivity contribution < 1.29 is 14.4 Å². The number of hydrogen-bond acceptors (Lipinski definition) is 5. The molecule has 0 spiro atoms. The Morgan fingerprint density at radius 1 is 1.38 bits per heavy atom. The number of rotatable bonds is 8. The van der Waals surface area contributed by atoms with Gasteiger partial charge in [0, 0.05) is 24.2 Å². The molecule has 29 heavy (non-hydrogen) atoms. The van der Waals surface area contributed by atoms with Gasteiger partial charge in [-0.05, 0) is 49.3 Å². The van der Waals surface area contributed by atoms with Gasteiger partial charge in [-0.2, -0.15) is 5.26 Å². The van der Waals surface area contributed by atoms with Crippen LogP contribution in [0.2, 0.25) is 0 Å². The predicted octanol–water partition coefficient (Wildman–Crippen LogP) is 2.59. The van der Waals surface area contributed by atoms with Crippen LogP contribution in [0.5, 0.6) is 0 Å². The third-order valence-corrected chi connectivity index (χ3v) is 5.84. The zero-order valence-electron chi connectivity index (χ0n) is 17.3. The first-order valence-electron chi connectivity index (χ1n) is 9.62. The summed E-state index contributed by atoms with van der Waals surface area (Å²) >= 11 is 1.62. The molecule has 3 atom stereocenters. The van der Waals surface area contributed by atoms with Crippen LogP contribution < -0.4 is 5.32 Å². The van der Waals surface area contributed by atoms with Crippen molar-refractivity contribution in [1.29, 1.82) is 5.26 Å². The van der Waals surface area contributed by atoms with E-state index >= 15 is 0 Å². The first kappa shape index (κ1) is 22.8. The average molecular weight is 417 g/mol. The van der Waals surface area contributed by atoms with Crippen molar-refractivity contribution in [2.75, 3.05) is 25.2 Å².